The molecule has 0 N–H and O–H groups in total. The van der Waals surface area contributed by atoms with Crippen molar-refractivity contribution in [1.82, 2.24) is 0 Å². The molecule has 0 aromatic heterocycles. The summed E-state index contributed by atoms with van der Waals surface area (Å²) in [6, 6.07) is 0. The van der Waals surface area contributed by atoms with E-state index >= 15 is 0 Å². The van der Waals surface area contributed by atoms with E-state index in [0.29, 0.717) is 6.42 Å². The Morgan fingerprint density at radius 2 is 1.15 bits per heavy atom. The van der Waals surface area contributed by atoms with Gasteiger partial charge in [-0.2, -0.15) is 0 Å². The summed E-state index contributed by atoms with van der Waals surface area (Å²) in [5.74, 6) is 27.8. The number of carbonyl (C=O) groups excluding carboxylic acids is 2. The van der Waals surface area contributed by atoms with Crippen molar-refractivity contribution in [1.29, 1.82) is 0 Å². The molecule has 0 aliphatic carbocycles. The Balaban J connectivity index is -0.00000722. The number of unbranched alkanes of at least 4 members (excludes halogenated alkanes) is 9. The Hall–Kier alpha value is -2.03. The van der Waals surface area contributed by atoms with E-state index in [4.69, 9.17) is 15.9 Å². The van der Waals surface area contributed by atoms with Crippen molar-refractivity contribution in [2.45, 2.75) is 83.8 Å². The largest absolute Gasteiger partial charge is 1.00 e. The Kier molecular flexibility index (Phi) is 32.7. The second kappa shape index (κ2) is 30.9. The summed E-state index contributed by atoms with van der Waals surface area (Å²) in [6.07, 6.45) is 13.9. The van der Waals surface area contributed by atoms with E-state index in [1.807, 2.05) is 5.92 Å². The summed E-state index contributed by atoms with van der Waals surface area (Å²) in [5.41, 5.74) is 0. The molecule has 0 saturated carbocycles. The second-order valence-electron chi connectivity index (χ2n) is 7.64. The molecule has 204 valence electrons. The predicted molar refractivity (Wildman–Crippen MR) is 141 cm³/mol. The smallest absolute Gasteiger partial charge is 0.790 e. The molecule has 0 heterocycles. The van der Waals surface area contributed by atoms with E-state index in [1.165, 1.54) is 32.1 Å². The molecule has 0 aliphatic rings. The van der Waals surface area contributed by atoms with Crippen molar-refractivity contribution in [3.8, 4) is 83.4 Å². The van der Waals surface area contributed by atoms with Crippen LogP contribution in [0, 0.1) is 83.4 Å². The van der Waals surface area contributed by atoms with Gasteiger partial charge in [-0.15, -0.1) is 6.42 Å². The predicted octanol–water partition coefficient (Wildman–Crippen LogP) is -3.78. The van der Waals surface area contributed by atoms with Gasteiger partial charge in [0.05, 0.1) is 7.82 Å². The van der Waals surface area contributed by atoms with Gasteiger partial charge >= 0.3 is 71.1 Å². The second-order valence-corrected chi connectivity index (χ2v) is 8.80. The van der Waals surface area contributed by atoms with Crippen molar-refractivity contribution in [2.75, 3.05) is 6.61 Å². The molecular formula is C30H29Na2O8P. The van der Waals surface area contributed by atoms with Crippen molar-refractivity contribution in [3.63, 3.8) is 0 Å². The van der Waals surface area contributed by atoms with Gasteiger partial charge in [-0.05, 0) is 77.5 Å². The van der Waals surface area contributed by atoms with Gasteiger partial charge in [0.2, 0.25) is 0 Å². The SMILES string of the molecule is C#CC#CC#CC#CC#CC#CC#CC(=O)O[C@H](COP(=O)([O-])[O-])OC(=O)CCCCCCCCCCCC.[Na+].[Na+]. The minimum atomic E-state index is -5.39. The fraction of sp³-hybridized carbons (Fsp3) is 0.467. The van der Waals surface area contributed by atoms with Crippen molar-refractivity contribution in [3.05, 3.63) is 0 Å². The van der Waals surface area contributed by atoms with E-state index in [9.17, 15) is 23.9 Å². The van der Waals surface area contributed by atoms with Gasteiger partial charge in [-0.3, -0.25) is 4.79 Å². The first-order valence-corrected chi connectivity index (χ1v) is 13.8. The summed E-state index contributed by atoms with van der Waals surface area (Å²) in [4.78, 5) is 45.4. The van der Waals surface area contributed by atoms with E-state index < -0.39 is 32.7 Å². The molecule has 0 aromatic carbocycles. The zero-order valence-corrected chi connectivity index (χ0v) is 28.7. The molecule has 0 amide bonds. The maximum absolute atomic E-state index is 12.1. The van der Waals surface area contributed by atoms with Gasteiger partial charge in [-0.25, -0.2) is 4.79 Å². The summed E-state index contributed by atoms with van der Waals surface area (Å²) in [5, 5.41) is 0. The number of carbonyl (C=O) groups is 2. The quantitative estimate of drug-likeness (QED) is 0.0339. The number of hydrogen-bond acceptors (Lipinski definition) is 8. The summed E-state index contributed by atoms with van der Waals surface area (Å²) in [6.45, 7) is 1.19. The standard InChI is InChI=1S/C30H31O8P.2Na/c1-3-5-7-9-11-13-15-16-18-20-22-24-26-29(32)38-30(27-36-39(33,34)35)37-28(31)25-23-21-19-17-14-12-10-8-6-4-2;;/h1,30H,4,6,8,10,12,14,17,19,21,23,25,27H2,2H3,(H2,33,34,35);;/q;2*+1/p-2/t30-;;/m1../s1. The molecule has 0 radical (unpaired) electrons. The van der Waals surface area contributed by atoms with Gasteiger partial charge in [0, 0.05) is 12.3 Å². The Labute approximate surface area is 288 Å². The third-order valence-electron chi connectivity index (χ3n) is 4.47. The van der Waals surface area contributed by atoms with Gasteiger partial charge in [0.15, 0.2) is 0 Å². The molecule has 0 unspecified atom stereocenters. The molecule has 0 aliphatic heterocycles. The van der Waals surface area contributed by atoms with E-state index in [0.717, 1.165) is 25.7 Å². The van der Waals surface area contributed by atoms with Crippen LogP contribution in [0.2, 0.25) is 0 Å². The molecule has 0 spiro atoms. The molecule has 0 bridgehead atoms. The fourth-order valence-electron chi connectivity index (χ4n) is 2.76. The van der Waals surface area contributed by atoms with Crippen LogP contribution in [0.25, 0.3) is 0 Å². The maximum Gasteiger partial charge on any atom is 1.00 e. The first-order chi connectivity index (χ1) is 18.8. The van der Waals surface area contributed by atoms with Gasteiger partial charge < -0.3 is 28.3 Å². The van der Waals surface area contributed by atoms with Crippen LogP contribution in [0.5, 0.6) is 0 Å². The van der Waals surface area contributed by atoms with Crippen molar-refractivity contribution < 1.29 is 97.1 Å². The zero-order chi connectivity index (χ0) is 29.0. The molecule has 0 fully saturated rings. The van der Waals surface area contributed by atoms with Crippen LogP contribution in [-0.2, 0) is 28.2 Å². The van der Waals surface area contributed by atoms with E-state index in [-0.39, 0.29) is 65.5 Å². The monoisotopic (exact) mass is 594 g/mol. The number of hydrogen-bond donors (Lipinski definition) is 0. The third-order valence-corrected chi connectivity index (χ3v) is 4.93. The number of phosphoric acid groups is 1. The van der Waals surface area contributed by atoms with Gasteiger partial charge in [0.25, 0.3) is 6.29 Å². The van der Waals surface area contributed by atoms with Crippen LogP contribution < -0.4 is 68.9 Å². The number of phosphoric ester groups is 1. The maximum atomic E-state index is 12.1. The topological polar surface area (TPSA) is 125 Å². The summed E-state index contributed by atoms with van der Waals surface area (Å²) < 4.78 is 24.5. The first kappa shape index (κ1) is 43.4. The van der Waals surface area contributed by atoms with Crippen LogP contribution in [-0.4, -0.2) is 24.8 Å². The van der Waals surface area contributed by atoms with Crippen LogP contribution in [0.1, 0.15) is 77.6 Å². The average molecular weight is 595 g/mol. The van der Waals surface area contributed by atoms with Crippen LogP contribution >= 0.6 is 7.82 Å². The van der Waals surface area contributed by atoms with Crippen LogP contribution in [0.3, 0.4) is 0 Å². The first-order valence-electron chi connectivity index (χ1n) is 12.3. The number of terminal acetylenes is 1. The zero-order valence-electron chi connectivity index (χ0n) is 23.9. The number of ether oxygens (including phenoxy) is 2. The van der Waals surface area contributed by atoms with E-state index in [2.05, 4.69) is 82.5 Å². The van der Waals surface area contributed by atoms with Crippen molar-refractivity contribution >= 4 is 19.8 Å². The molecule has 0 aromatic rings. The van der Waals surface area contributed by atoms with Crippen LogP contribution in [0.4, 0.5) is 0 Å². The minimum absolute atomic E-state index is 0. The Morgan fingerprint density at radius 3 is 1.61 bits per heavy atom. The number of esters is 2. The Morgan fingerprint density at radius 1 is 0.707 bits per heavy atom. The average Bonchev–Trinajstić information content (AvgIpc) is 2.88. The van der Waals surface area contributed by atoms with Crippen LogP contribution in [0.15, 0.2) is 0 Å². The molecule has 8 nitrogen and oxygen atoms in total. The van der Waals surface area contributed by atoms with Gasteiger partial charge in [0.1, 0.15) is 6.61 Å². The number of rotatable bonds is 16. The van der Waals surface area contributed by atoms with Crippen molar-refractivity contribution in [2.24, 2.45) is 0 Å². The Bertz CT molecular complexity index is 1260. The minimum Gasteiger partial charge on any atom is -0.790 e. The molecule has 11 heteroatoms. The van der Waals surface area contributed by atoms with Gasteiger partial charge in [-0.1, -0.05) is 64.7 Å². The molecule has 0 rings (SSSR count). The normalized spacial score (nSPS) is 9.22. The molecule has 41 heavy (non-hydrogen) atoms. The molecule has 0 saturated heterocycles. The molecule has 1 atom stereocenters. The van der Waals surface area contributed by atoms with E-state index in [1.54, 1.807) is 0 Å². The summed E-state index contributed by atoms with van der Waals surface area (Å²) in [7, 11) is -5.39. The summed E-state index contributed by atoms with van der Waals surface area (Å²) >= 11 is 0. The fourth-order valence-corrected chi connectivity index (χ4v) is 3.06. The third kappa shape index (κ3) is 34.1. The molecular weight excluding hydrogens is 565 g/mol.